The first kappa shape index (κ1) is 16.5. The number of halogens is 1. The van der Waals surface area contributed by atoms with Crippen molar-refractivity contribution in [1.29, 1.82) is 0 Å². The van der Waals surface area contributed by atoms with E-state index in [-0.39, 0.29) is 0 Å². The van der Waals surface area contributed by atoms with Gasteiger partial charge in [0.25, 0.3) is 0 Å². The van der Waals surface area contributed by atoms with E-state index in [1.54, 1.807) is 7.11 Å². The Morgan fingerprint density at radius 1 is 1.32 bits per heavy atom. The molecule has 0 aromatic heterocycles. The summed E-state index contributed by atoms with van der Waals surface area (Å²) < 4.78 is 11.7. The van der Waals surface area contributed by atoms with Gasteiger partial charge < -0.3 is 14.8 Å². The highest BCUT2D eigenvalue weighted by Crippen LogP contribution is 2.27. The van der Waals surface area contributed by atoms with E-state index in [1.807, 2.05) is 6.07 Å². The summed E-state index contributed by atoms with van der Waals surface area (Å²) in [6, 6.07) is 6.51. The molecule has 0 heterocycles. The maximum Gasteiger partial charge on any atom is 0.133 e. The standard InChI is InChI=1S/C15H24BrNO2/c1-4-9-19-10-5-8-17-12(2)13-6-7-15(18-3)14(16)11-13/h6-7,11-12,17H,4-5,8-10H2,1-3H3. The number of hydrogen-bond acceptors (Lipinski definition) is 3. The van der Waals surface area contributed by atoms with Crippen molar-refractivity contribution < 1.29 is 9.47 Å². The Labute approximate surface area is 124 Å². The average molecular weight is 330 g/mol. The van der Waals surface area contributed by atoms with Crippen LogP contribution in [0.25, 0.3) is 0 Å². The van der Waals surface area contributed by atoms with Gasteiger partial charge in [-0.25, -0.2) is 0 Å². The summed E-state index contributed by atoms with van der Waals surface area (Å²) in [5, 5.41) is 3.50. The summed E-state index contributed by atoms with van der Waals surface area (Å²) in [4.78, 5) is 0. The van der Waals surface area contributed by atoms with Gasteiger partial charge in [0, 0.05) is 19.3 Å². The van der Waals surface area contributed by atoms with Crippen LogP contribution in [0.3, 0.4) is 0 Å². The predicted molar refractivity (Wildman–Crippen MR) is 82.8 cm³/mol. The van der Waals surface area contributed by atoms with Crippen molar-refractivity contribution in [2.24, 2.45) is 0 Å². The van der Waals surface area contributed by atoms with Gasteiger partial charge in [-0.2, -0.15) is 0 Å². The van der Waals surface area contributed by atoms with Gasteiger partial charge in [-0.1, -0.05) is 13.0 Å². The maximum absolute atomic E-state index is 5.46. The van der Waals surface area contributed by atoms with Gasteiger partial charge in [-0.05, 0) is 59.9 Å². The molecule has 108 valence electrons. The van der Waals surface area contributed by atoms with E-state index in [4.69, 9.17) is 9.47 Å². The van der Waals surface area contributed by atoms with Crippen molar-refractivity contribution in [1.82, 2.24) is 5.32 Å². The van der Waals surface area contributed by atoms with Crippen LogP contribution < -0.4 is 10.1 Å². The highest BCUT2D eigenvalue weighted by Gasteiger charge is 2.07. The Balaban J connectivity index is 2.33. The maximum atomic E-state index is 5.46. The average Bonchev–Trinajstić information content (AvgIpc) is 2.42. The van der Waals surface area contributed by atoms with Gasteiger partial charge in [0.15, 0.2) is 0 Å². The van der Waals surface area contributed by atoms with Crippen molar-refractivity contribution in [3.05, 3.63) is 28.2 Å². The van der Waals surface area contributed by atoms with E-state index < -0.39 is 0 Å². The summed E-state index contributed by atoms with van der Waals surface area (Å²) in [5.41, 5.74) is 1.25. The molecule has 1 aromatic carbocycles. The minimum Gasteiger partial charge on any atom is -0.496 e. The molecule has 1 atom stereocenters. The Morgan fingerprint density at radius 2 is 2.11 bits per heavy atom. The Hall–Kier alpha value is -0.580. The first-order valence-electron chi connectivity index (χ1n) is 6.83. The summed E-state index contributed by atoms with van der Waals surface area (Å²) in [6.07, 6.45) is 2.13. The van der Waals surface area contributed by atoms with Gasteiger partial charge in [0.2, 0.25) is 0 Å². The number of benzene rings is 1. The quantitative estimate of drug-likeness (QED) is 0.696. The second-order valence-electron chi connectivity index (χ2n) is 4.54. The van der Waals surface area contributed by atoms with Crippen molar-refractivity contribution in [3.8, 4) is 5.75 Å². The lowest BCUT2D eigenvalue weighted by molar-refractivity contribution is 0.132. The fourth-order valence-corrected chi connectivity index (χ4v) is 2.37. The topological polar surface area (TPSA) is 30.5 Å². The first-order chi connectivity index (χ1) is 9.19. The molecular formula is C15H24BrNO2. The molecule has 1 unspecified atom stereocenters. The van der Waals surface area contributed by atoms with Crippen LogP contribution in [0.15, 0.2) is 22.7 Å². The number of ether oxygens (including phenoxy) is 2. The number of rotatable bonds is 9. The van der Waals surface area contributed by atoms with Crippen LogP contribution >= 0.6 is 15.9 Å². The number of nitrogens with one attached hydrogen (secondary N) is 1. The predicted octanol–water partition coefficient (Wildman–Crippen LogP) is 3.93. The van der Waals surface area contributed by atoms with E-state index in [9.17, 15) is 0 Å². The second-order valence-corrected chi connectivity index (χ2v) is 5.39. The molecule has 3 nitrogen and oxygen atoms in total. The molecule has 0 spiro atoms. The molecule has 1 N–H and O–H groups in total. The van der Waals surface area contributed by atoms with Crippen LogP contribution in [0.5, 0.6) is 5.75 Å². The van der Waals surface area contributed by atoms with E-state index in [0.717, 1.165) is 42.8 Å². The molecule has 1 aromatic rings. The monoisotopic (exact) mass is 329 g/mol. The molecule has 0 aliphatic rings. The van der Waals surface area contributed by atoms with Gasteiger partial charge in [0.1, 0.15) is 5.75 Å². The van der Waals surface area contributed by atoms with Gasteiger partial charge in [-0.15, -0.1) is 0 Å². The zero-order valence-electron chi connectivity index (χ0n) is 12.0. The summed E-state index contributed by atoms with van der Waals surface area (Å²) in [7, 11) is 1.68. The third-order valence-electron chi connectivity index (χ3n) is 2.94. The third-order valence-corrected chi connectivity index (χ3v) is 3.56. The first-order valence-corrected chi connectivity index (χ1v) is 7.63. The molecule has 4 heteroatoms. The minimum absolute atomic E-state index is 0.327. The van der Waals surface area contributed by atoms with Gasteiger partial charge >= 0.3 is 0 Å². The zero-order chi connectivity index (χ0) is 14.1. The van der Waals surface area contributed by atoms with Crippen LogP contribution in [0.1, 0.15) is 38.3 Å². The fraction of sp³-hybridized carbons (Fsp3) is 0.600. The number of methoxy groups -OCH3 is 1. The highest BCUT2D eigenvalue weighted by molar-refractivity contribution is 9.10. The molecule has 0 bridgehead atoms. The molecule has 0 radical (unpaired) electrons. The van der Waals surface area contributed by atoms with E-state index in [1.165, 1.54) is 5.56 Å². The smallest absolute Gasteiger partial charge is 0.133 e. The van der Waals surface area contributed by atoms with Crippen LogP contribution in [0.4, 0.5) is 0 Å². The molecule has 0 fully saturated rings. The molecule has 0 amide bonds. The third kappa shape index (κ3) is 5.93. The Morgan fingerprint density at radius 3 is 2.74 bits per heavy atom. The van der Waals surface area contributed by atoms with Crippen LogP contribution in [-0.2, 0) is 4.74 Å². The molecule has 1 rings (SSSR count). The summed E-state index contributed by atoms with van der Waals surface area (Å²) >= 11 is 3.51. The van der Waals surface area contributed by atoms with Gasteiger partial charge in [0.05, 0.1) is 11.6 Å². The fourth-order valence-electron chi connectivity index (χ4n) is 1.81. The Bertz CT molecular complexity index is 371. The van der Waals surface area contributed by atoms with E-state index in [0.29, 0.717) is 6.04 Å². The largest absolute Gasteiger partial charge is 0.496 e. The second kappa shape index (κ2) is 9.34. The minimum atomic E-state index is 0.327. The Kier molecular flexibility index (Phi) is 8.10. The van der Waals surface area contributed by atoms with Gasteiger partial charge in [-0.3, -0.25) is 0 Å². The summed E-state index contributed by atoms with van der Waals surface area (Å²) in [6.45, 7) is 6.96. The lowest BCUT2D eigenvalue weighted by Gasteiger charge is -2.15. The lowest BCUT2D eigenvalue weighted by Crippen LogP contribution is -2.21. The molecule has 0 saturated carbocycles. The molecule has 0 saturated heterocycles. The highest BCUT2D eigenvalue weighted by atomic mass is 79.9. The normalized spacial score (nSPS) is 12.4. The van der Waals surface area contributed by atoms with Crippen molar-refractivity contribution in [3.63, 3.8) is 0 Å². The lowest BCUT2D eigenvalue weighted by atomic mass is 10.1. The molecule has 19 heavy (non-hydrogen) atoms. The number of hydrogen-bond donors (Lipinski definition) is 1. The van der Waals surface area contributed by atoms with Crippen molar-refractivity contribution in [2.45, 2.75) is 32.7 Å². The van der Waals surface area contributed by atoms with E-state index >= 15 is 0 Å². The summed E-state index contributed by atoms with van der Waals surface area (Å²) in [5.74, 6) is 0.865. The van der Waals surface area contributed by atoms with Crippen molar-refractivity contribution in [2.75, 3.05) is 26.9 Å². The molecule has 0 aliphatic heterocycles. The van der Waals surface area contributed by atoms with Crippen LogP contribution in [0.2, 0.25) is 0 Å². The van der Waals surface area contributed by atoms with Crippen LogP contribution in [0, 0.1) is 0 Å². The molecular weight excluding hydrogens is 306 g/mol. The molecule has 0 aliphatic carbocycles. The SMILES string of the molecule is CCCOCCCNC(C)c1ccc(OC)c(Br)c1. The van der Waals surface area contributed by atoms with Crippen LogP contribution in [-0.4, -0.2) is 26.9 Å². The zero-order valence-corrected chi connectivity index (χ0v) is 13.6. The van der Waals surface area contributed by atoms with E-state index in [2.05, 4.69) is 47.2 Å². The van der Waals surface area contributed by atoms with Crippen molar-refractivity contribution >= 4 is 15.9 Å².